The Morgan fingerprint density at radius 1 is 1.07 bits per heavy atom. The Morgan fingerprint density at radius 2 is 1.80 bits per heavy atom. The van der Waals surface area contributed by atoms with E-state index in [0.29, 0.717) is 43.1 Å². The molecule has 6 nitrogen and oxygen atoms in total. The van der Waals surface area contributed by atoms with Gasteiger partial charge in [0.2, 0.25) is 5.91 Å². The standard InChI is InChI=1S/C24H26N2O4/c1-15-7-6-8-18-16(2)22(30-21(15)18)24(28)26-13-11-17(12-14-26)23(27)25-19-9-4-5-10-20(19)29-3/h4-10,17H,11-14H2,1-3H3,(H,25,27). The molecule has 0 unspecified atom stereocenters. The van der Waals surface area contributed by atoms with Gasteiger partial charge in [-0.25, -0.2) is 0 Å². The lowest BCUT2D eigenvalue weighted by Gasteiger charge is -2.31. The highest BCUT2D eigenvalue weighted by Crippen LogP contribution is 2.30. The third-order valence-electron chi connectivity index (χ3n) is 5.87. The van der Waals surface area contributed by atoms with E-state index in [-0.39, 0.29) is 17.7 Å². The molecule has 0 atom stereocenters. The molecule has 1 fully saturated rings. The molecule has 1 aliphatic rings. The van der Waals surface area contributed by atoms with E-state index in [9.17, 15) is 9.59 Å². The van der Waals surface area contributed by atoms with E-state index >= 15 is 0 Å². The molecule has 30 heavy (non-hydrogen) atoms. The molecule has 2 amide bonds. The number of carbonyl (C=O) groups is 2. The maximum absolute atomic E-state index is 13.1. The number of anilines is 1. The van der Waals surface area contributed by atoms with E-state index in [1.165, 1.54) is 0 Å². The van der Waals surface area contributed by atoms with Crippen molar-refractivity contribution in [1.82, 2.24) is 4.90 Å². The van der Waals surface area contributed by atoms with Crippen LogP contribution in [0.3, 0.4) is 0 Å². The molecule has 0 saturated carbocycles. The van der Waals surface area contributed by atoms with Gasteiger partial charge in [0.05, 0.1) is 12.8 Å². The van der Waals surface area contributed by atoms with Crippen molar-refractivity contribution in [2.75, 3.05) is 25.5 Å². The first-order valence-electron chi connectivity index (χ1n) is 10.2. The molecule has 0 aliphatic carbocycles. The molecule has 0 spiro atoms. The van der Waals surface area contributed by atoms with Crippen LogP contribution >= 0.6 is 0 Å². The van der Waals surface area contributed by atoms with Crippen molar-refractivity contribution in [3.8, 4) is 5.75 Å². The molecule has 3 aromatic rings. The highest BCUT2D eigenvalue weighted by Gasteiger charge is 2.30. The molecule has 1 aromatic heterocycles. The zero-order valence-electron chi connectivity index (χ0n) is 17.5. The van der Waals surface area contributed by atoms with Gasteiger partial charge in [-0.1, -0.05) is 30.3 Å². The topological polar surface area (TPSA) is 71.8 Å². The summed E-state index contributed by atoms with van der Waals surface area (Å²) < 4.78 is 11.2. The van der Waals surface area contributed by atoms with E-state index in [1.54, 1.807) is 12.0 Å². The number of amides is 2. The van der Waals surface area contributed by atoms with Crippen LogP contribution in [0.25, 0.3) is 11.0 Å². The zero-order chi connectivity index (χ0) is 21.3. The molecule has 0 radical (unpaired) electrons. The van der Waals surface area contributed by atoms with Crippen molar-refractivity contribution >= 4 is 28.5 Å². The quantitative estimate of drug-likeness (QED) is 0.690. The third kappa shape index (κ3) is 3.65. The summed E-state index contributed by atoms with van der Waals surface area (Å²) >= 11 is 0. The van der Waals surface area contributed by atoms with Crippen LogP contribution in [0.1, 0.15) is 34.5 Å². The number of nitrogens with one attached hydrogen (secondary N) is 1. The summed E-state index contributed by atoms with van der Waals surface area (Å²) in [6.07, 6.45) is 1.23. The number of hydrogen-bond acceptors (Lipinski definition) is 4. The molecule has 6 heteroatoms. The largest absolute Gasteiger partial charge is 0.495 e. The van der Waals surface area contributed by atoms with Gasteiger partial charge in [-0.15, -0.1) is 0 Å². The molecule has 156 valence electrons. The maximum Gasteiger partial charge on any atom is 0.289 e. The Hall–Kier alpha value is -3.28. The summed E-state index contributed by atoms with van der Waals surface area (Å²) in [4.78, 5) is 27.6. The van der Waals surface area contributed by atoms with Gasteiger partial charge >= 0.3 is 0 Å². The fourth-order valence-electron chi connectivity index (χ4n) is 4.06. The number of carbonyl (C=O) groups excluding carboxylic acids is 2. The third-order valence-corrected chi connectivity index (χ3v) is 5.87. The van der Waals surface area contributed by atoms with E-state index in [2.05, 4.69) is 5.32 Å². The van der Waals surface area contributed by atoms with Gasteiger partial charge < -0.3 is 19.4 Å². The van der Waals surface area contributed by atoms with Gasteiger partial charge in [0, 0.05) is 30.0 Å². The molecular weight excluding hydrogens is 380 g/mol. The van der Waals surface area contributed by atoms with Gasteiger partial charge in [-0.05, 0) is 44.4 Å². The Kier molecular flexibility index (Phi) is 5.48. The summed E-state index contributed by atoms with van der Waals surface area (Å²) in [5.41, 5.74) is 3.32. The second-order valence-corrected chi connectivity index (χ2v) is 7.76. The number of hydrogen-bond donors (Lipinski definition) is 1. The van der Waals surface area contributed by atoms with Crippen LogP contribution < -0.4 is 10.1 Å². The number of para-hydroxylation sites is 3. The van der Waals surface area contributed by atoms with E-state index in [4.69, 9.17) is 9.15 Å². The first-order chi connectivity index (χ1) is 14.5. The number of rotatable bonds is 4. The van der Waals surface area contributed by atoms with Gasteiger partial charge in [-0.2, -0.15) is 0 Å². The van der Waals surface area contributed by atoms with E-state index in [1.807, 2.05) is 56.3 Å². The Labute approximate surface area is 175 Å². The number of benzene rings is 2. The number of methoxy groups -OCH3 is 1. The normalized spacial score (nSPS) is 14.7. The van der Waals surface area contributed by atoms with Crippen molar-refractivity contribution in [1.29, 1.82) is 0 Å². The van der Waals surface area contributed by atoms with Crippen molar-refractivity contribution in [3.05, 3.63) is 59.4 Å². The second kappa shape index (κ2) is 8.22. The number of aryl methyl sites for hydroxylation is 2. The molecule has 1 N–H and O–H groups in total. The van der Waals surface area contributed by atoms with Crippen molar-refractivity contribution in [3.63, 3.8) is 0 Å². The van der Waals surface area contributed by atoms with Crippen molar-refractivity contribution < 1.29 is 18.7 Å². The lowest BCUT2D eigenvalue weighted by Crippen LogP contribution is -2.41. The number of nitrogens with zero attached hydrogens (tertiary/aromatic N) is 1. The van der Waals surface area contributed by atoms with Crippen LogP contribution in [0.5, 0.6) is 5.75 Å². The summed E-state index contributed by atoms with van der Waals surface area (Å²) in [5, 5.41) is 3.93. The smallest absolute Gasteiger partial charge is 0.289 e. The summed E-state index contributed by atoms with van der Waals surface area (Å²) in [6.45, 7) is 4.95. The molecular formula is C24H26N2O4. The molecule has 4 rings (SSSR count). The van der Waals surface area contributed by atoms with Crippen LogP contribution in [-0.4, -0.2) is 36.9 Å². The highest BCUT2D eigenvalue weighted by atomic mass is 16.5. The monoisotopic (exact) mass is 406 g/mol. The number of furan rings is 1. The van der Waals surface area contributed by atoms with Crippen LogP contribution in [0.2, 0.25) is 0 Å². The number of likely N-dealkylation sites (tertiary alicyclic amines) is 1. The number of ether oxygens (including phenoxy) is 1. The summed E-state index contributed by atoms with van der Waals surface area (Å²) in [7, 11) is 1.58. The van der Waals surface area contributed by atoms with Gasteiger partial charge in [0.15, 0.2) is 5.76 Å². The maximum atomic E-state index is 13.1. The summed E-state index contributed by atoms with van der Waals surface area (Å²) in [5.74, 6) is 0.747. The van der Waals surface area contributed by atoms with E-state index < -0.39 is 0 Å². The lowest BCUT2D eigenvalue weighted by molar-refractivity contribution is -0.121. The van der Waals surface area contributed by atoms with E-state index in [0.717, 1.165) is 22.1 Å². The Morgan fingerprint density at radius 3 is 2.50 bits per heavy atom. The highest BCUT2D eigenvalue weighted by molar-refractivity contribution is 6.00. The Balaban J connectivity index is 1.42. The molecule has 1 saturated heterocycles. The fraction of sp³-hybridized carbons (Fsp3) is 0.333. The van der Waals surface area contributed by atoms with Crippen LogP contribution in [0.15, 0.2) is 46.9 Å². The number of fused-ring (bicyclic) bond motifs is 1. The van der Waals surface area contributed by atoms with Gasteiger partial charge in [0.1, 0.15) is 11.3 Å². The van der Waals surface area contributed by atoms with Crippen LogP contribution in [0, 0.1) is 19.8 Å². The minimum Gasteiger partial charge on any atom is -0.495 e. The first-order valence-corrected chi connectivity index (χ1v) is 10.2. The van der Waals surface area contributed by atoms with Crippen molar-refractivity contribution in [2.24, 2.45) is 5.92 Å². The van der Waals surface area contributed by atoms with Gasteiger partial charge in [-0.3, -0.25) is 9.59 Å². The van der Waals surface area contributed by atoms with Crippen molar-refractivity contribution in [2.45, 2.75) is 26.7 Å². The van der Waals surface area contributed by atoms with Crippen LogP contribution in [-0.2, 0) is 4.79 Å². The second-order valence-electron chi connectivity index (χ2n) is 7.76. The minimum absolute atomic E-state index is 0.0397. The SMILES string of the molecule is COc1ccccc1NC(=O)C1CCN(C(=O)c2oc3c(C)cccc3c2C)CC1. The average Bonchev–Trinajstić information content (AvgIpc) is 3.11. The lowest BCUT2D eigenvalue weighted by atomic mass is 9.95. The van der Waals surface area contributed by atoms with Crippen LogP contribution in [0.4, 0.5) is 5.69 Å². The average molecular weight is 406 g/mol. The molecule has 1 aliphatic heterocycles. The number of piperidine rings is 1. The molecule has 2 aromatic carbocycles. The van der Waals surface area contributed by atoms with Gasteiger partial charge in [0.25, 0.3) is 5.91 Å². The predicted octanol–water partition coefficient (Wildman–Crippen LogP) is 4.55. The predicted molar refractivity (Wildman–Crippen MR) is 116 cm³/mol. The Bertz CT molecular complexity index is 1090. The molecule has 2 heterocycles. The zero-order valence-corrected chi connectivity index (χ0v) is 17.5. The first kappa shape index (κ1) is 20.0. The summed E-state index contributed by atoms with van der Waals surface area (Å²) in [6, 6.07) is 13.3. The minimum atomic E-state index is -0.141. The fourth-order valence-corrected chi connectivity index (χ4v) is 4.06. The molecule has 0 bridgehead atoms.